The molecule has 2 rings (SSSR count). The van der Waals surface area contributed by atoms with Crippen molar-refractivity contribution in [2.45, 2.75) is 20.3 Å². The molecule has 18 heavy (non-hydrogen) atoms. The highest BCUT2D eigenvalue weighted by atomic mass is 16.4. The van der Waals surface area contributed by atoms with Crippen molar-refractivity contribution in [1.82, 2.24) is 9.38 Å². The van der Waals surface area contributed by atoms with Gasteiger partial charge in [0.25, 0.3) is 0 Å². The Hall–Kier alpha value is -2.04. The molecule has 0 aliphatic carbocycles. The fourth-order valence-corrected chi connectivity index (χ4v) is 2.09. The van der Waals surface area contributed by atoms with Crippen LogP contribution in [0.3, 0.4) is 0 Å². The highest BCUT2D eigenvalue weighted by molar-refractivity contribution is 5.93. The third kappa shape index (κ3) is 2.03. The Bertz CT molecular complexity index is 562. The van der Waals surface area contributed by atoms with Crippen LogP contribution in [-0.2, 0) is 0 Å². The lowest BCUT2D eigenvalue weighted by Gasteiger charge is -2.20. The largest absolute Gasteiger partial charge is 0.476 e. The second-order valence-corrected chi connectivity index (χ2v) is 4.10. The van der Waals surface area contributed by atoms with E-state index in [0.29, 0.717) is 11.5 Å². The van der Waals surface area contributed by atoms with Gasteiger partial charge in [0.2, 0.25) is 0 Å². The van der Waals surface area contributed by atoms with Gasteiger partial charge < -0.3 is 10.0 Å². The van der Waals surface area contributed by atoms with Gasteiger partial charge in [0, 0.05) is 19.3 Å². The zero-order valence-electron chi connectivity index (χ0n) is 10.6. The molecule has 0 saturated carbocycles. The third-order valence-electron chi connectivity index (χ3n) is 2.89. The van der Waals surface area contributed by atoms with Gasteiger partial charge in [0.1, 0.15) is 5.65 Å². The Morgan fingerprint density at radius 2 is 2.22 bits per heavy atom. The van der Waals surface area contributed by atoms with E-state index in [0.717, 1.165) is 19.5 Å². The van der Waals surface area contributed by atoms with Crippen LogP contribution in [-0.4, -0.2) is 33.6 Å². The highest BCUT2D eigenvalue weighted by Gasteiger charge is 2.21. The number of rotatable bonds is 5. The molecular formula is C13H17N3O2. The van der Waals surface area contributed by atoms with Crippen LogP contribution in [0.2, 0.25) is 0 Å². The first-order valence-corrected chi connectivity index (χ1v) is 6.14. The average Bonchev–Trinajstić information content (AvgIpc) is 2.74. The number of nitrogens with zero attached hydrogens (tertiary/aromatic N) is 3. The molecule has 0 aliphatic heterocycles. The topological polar surface area (TPSA) is 57.8 Å². The van der Waals surface area contributed by atoms with Crippen molar-refractivity contribution < 1.29 is 9.90 Å². The van der Waals surface area contributed by atoms with E-state index in [2.05, 4.69) is 11.9 Å². The van der Waals surface area contributed by atoms with E-state index < -0.39 is 5.97 Å². The fourth-order valence-electron chi connectivity index (χ4n) is 2.09. The molecule has 0 spiro atoms. The van der Waals surface area contributed by atoms with E-state index in [9.17, 15) is 9.90 Å². The summed E-state index contributed by atoms with van der Waals surface area (Å²) in [4.78, 5) is 17.9. The first-order chi connectivity index (χ1) is 8.69. The number of aromatic nitrogens is 2. The van der Waals surface area contributed by atoms with Crippen LogP contribution in [0.15, 0.2) is 24.4 Å². The van der Waals surface area contributed by atoms with Crippen LogP contribution in [0.25, 0.3) is 5.65 Å². The minimum atomic E-state index is -0.946. The fraction of sp³-hybridized carbons (Fsp3) is 0.385. The van der Waals surface area contributed by atoms with Gasteiger partial charge in [0.05, 0.1) is 0 Å². The number of carboxylic acid groups (broad SMARTS) is 1. The molecule has 1 N–H and O–H groups in total. The second kappa shape index (κ2) is 5.08. The summed E-state index contributed by atoms with van der Waals surface area (Å²) < 4.78 is 1.62. The van der Waals surface area contributed by atoms with Gasteiger partial charge in [-0.25, -0.2) is 9.78 Å². The van der Waals surface area contributed by atoms with Crippen LogP contribution < -0.4 is 4.90 Å². The van der Waals surface area contributed by atoms with Gasteiger partial charge in [-0.15, -0.1) is 0 Å². The molecule has 0 bridgehead atoms. The van der Waals surface area contributed by atoms with Crippen LogP contribution in [0.1, 0.15) is 30.8 Å². The molecule has 96 valence electrons. The Morgan fingerprint density at radius 1 is 1.44 bits per heavy atom. The van der Waals surface area contributed by atoms with Gasteiger partial charge in [-0.05, 0) is 25.5 Å². The summed E-state index contributed by atoms with van der Waals surface area (Å²) in [6, 6.07) is 5.48. The molecule has 2 heterocycles. The Kier molecular flexibility index (Phi) is 3.50. The normalized spacial score (nSPS) is 10.8. The Morgan fingerprint density at radius 3 is 2.83 bits per heavy atom. The van der Waals surface area contributed by atoms with Crippen LogP contribution in [0, 0.1) is 0 Å². The number of imidazole rings is 1. The zero-order chi connectivity index (χ0) is 13.1. The molecule has 0 saturated heterocycles. The monoisotopic (exact) mass is 247 g/mol. The number of carbonyl (C=O) groups is 1. The molecule has 5 heteroatoms. The molecule has 0 atom stereocenters. The molecule has 0 unspecified atom stereocenters. The van der Waals surface area contributed by atoms with Gasteiger partial charge in [0.15, 0.2) is 11.5 Å². The summed E-state index contributed by atoms with van der Waals surface area (Å²) in [7, 11) is 0. The second-order valence-electron chi connectivity index (χ2n) is 4.10. The predicted molar refractivity (Wildman–Crippen MR) is 70.3 cm³/mol. The quantitative estimate of drug-likeness (QED) is 0.880. The summed E-state index contributed by atoms with van der Waals surface area (Å²) in [6.45, 7) is 5.63. The lowest BCUT2D eigenvalue weighted by atomic mass is 10.3. The van der Waals surface area contributed by atoms with Crippen molar-refractivity contribution in [1.29, 1.82) is 0 Å². The highest BCUT2D eigenvalue weighted by Crippen LogP contribution is 2.21. The summed E-state index contributed by atoms with van der Waals surface area (Å²) >= 11 is 0. The number of pyridine rings is 1. The van der Waals surface area contributed by atoms with E-state index in [-0.39, 0.29) is 5.69 Å². The molecule has 2 aromatic rings. The van der Waals surface area contributed by atoms with Crippen LogP contribution in [0.4, 0.5) is 5.82 Å². The third-order valence-corrected chi connectivity index (χ3v) is 2.89. The SMILES string of the molecule is CCCN(CC)c1nc2ccccn2c1C(=O)O. The number of anilines is 1. The maximum absolute atomic E-state index is 11.4. The van der Waals surface area contributed by atoms with E-state index >= 15 is 0 Å². The summed E-state index contributed by atoms with van der Waals surface area (Å²) in [6.07, 6.45) is 2.69. The van der Waals surface area contributed by atoms with E-state index in [1.54, 1.807) is 16.7 Å². The zero-order valence-corrected chi connectivity index (χ0v) is 10.6. The van der Waals surface area contributed by atoms with Crippen LogP contribution in [0.5, 0.6) is 0 Å². The maximum atomic E-state index is 11.4. The smallest absolute Gasteiger partial charge is 0.356 e. The van der Waals surface area contributed by atoms with Crippen molar-refractivity contribution in [3.63, 3.8) is 0 Å². The summed E-state index contributed by atoms with van der Waals surface area (Å²) in [5.41, 5.74) is 0.903. The first kappa shape index (κ1) is 12.4. The minimum absolute atomic E-state index is 0.237. The number of carboxylic acids is 1. The Labute approximate surface area is 106 Å². The molecule has 0 radical (unpaired) electrons. The molecular weight excluding hydrogens is 230 g/mol. The van der Waals surface area contributed by atoms with Gasteiger partial charge in [-0.1, -0.05) is 13.0 Å². The van der Waals surface area contributed by atoms with Crippen LogP contribution >= 0.6 is 0 Å². The number of aromatic carboxylic acids is 1. The van der Waals surface area contributed by atoms with E-state index in [1.807, 2.05) is 24.0 Å². The summed E-state index contributed by atoms with van der Waals surface area (Å²) in [5.74, 6) is -0.392. The lowest BCUT2D eigenvalue weighted by Crippen LogP contribution is -2.25. The maximum Gasteiger partial charge on any atom is 0.356 e. The van der Waals surface area contributed by atoms with Gasteiger partial charge >= 0.3 is 5.97 Å². The van der Waals surface area contributed by atoms with Gasteiger partial charge in [-0.3, -0.25) is 4.40 Å². The number of fused-ring (bicyclic) bond motifs is 1. The molecule has 2 aromatic heterocycles. The summed E-state index contributed by atoms with van der Waals surface area (Å²) in [5, 5.41) is 9.38. The molecule has 0 aromatic carbocycles. The van der Waals surface area contributed by atoms with Crippen molar-refractivity contribution in [3.8, 4) is 0 Å². The van der Waals surface area contributed by atoms with Crippen molar-refractivity contribution in [2.24, 2.45) is 0 Å². The Balaban J connectivity index is 2.61. The minimum Gasteiger partial charge on any atom is -0.476 e. The van der Waals surface area contributed by atoms with E-state index in [4.69, 9.17) is 0 Å². The molecule has 0 amide bonds. The molecule has 0 fully saturated rings. The molecule has 0 aliphatic rings. The van der Waals surface area contributed by atoms with Crippen molar-refractivity contribution in [3.05, 3.63) is 30.1 Å². The van der Waals surface area contributed by atoms with E-state index in [1.165, 1.54) is 0 Å². The average molecular weight is 247 g/mol. The van der Waals surface area contributed by atoms with Crippen molar-refractivity contribution in [2.75, 3.05) is 18.0 Å². The first-order valence-electron chi connectivity index (χ1n) is 6.14. The number of hydrogen-bond donors (Lipinski definition) is 1. The van der Waals surface area contributed by atoms with Gasteiger partial charge in [-0.2, -0.15) is 0 Å². The standard InChI is InChI=1S/C13H17N3O2/c1-3-8-15(4-2)12-11(13(17)18)16-9-6-5-7-10(16)14-12/h5-7,9H,3-4,8H2,1-2H3,(H,17,18). The number of hydrogen-bond acceptors (Lipinski definition) is 3. The molecule has 5 nitrogen and oxygen atoms in total. The van der Waals surface area contributed by atoms with Crippen molar-refractivity contribution >= 4 is 17.4 Å². The lowest BCUT2D eigenvalue weighted by molar-refractivity contribution is 0.0690. The predicted octanol–water partition coefficient (Wildman–Crippen LogP) is 2.27.